The average molecular weight is 382 g/mol. The topological polar surface area (TPSA) is 108 Å². The fourth-order valence-corrected chi connectivity index (χ4v) is 3.69. The van der Waals surface area contributed by atoms with Crippen LogP contribution in [-0.2, 0) is 9.53 Å². The molecular formula is C19H18N4O3S. The van der Waals surface area contributed by atoms with Crippen LogP contribution in [0.4, 0.5) is 5.82 Å². The molecule has 1 aliphatic heterocycles. The summed E-state index contributed by atoms with van der Waals surface area (Å²) in [6, 6.07) is 8.86. The molecule has 0 bridgehead atoms. The van der Waals surface area contributed by atoms with Crippen molar-refractivity contribution in [1.82, 2.24) is 9.97 Å². The Labute approximate surface area is 160 Å². The van der Waals surface area contributed by atoms with Crippen molar-refractivity contribution in [1.29, 1.82) is 5.26 Å². The Morgan fingerprint density at radius 1 is 1.37 bits per heavy atom. The molecule has 2 N–H and O–H groups in total. The summed E-state index contributed by atoms with van der Waals surface area (Å²) in [5.74, 6) is 0.0298. The van der Waals surface area contributed by atoms with Crippen LogP contribution in [0.15, 0.2) is 45.5 Å². The molecule has 1 aliphatic rings. The third-order valence-corrected chi connectivity index (χ3v) is 5.04. The molecular weight excluding hydrogens is 364 g/mol. The Hall–Kier alpha value is -3.05. The molecule has 0 spiro atoms. The van der Waals surface area contributed by atoms with Crippen LogP contribution in [0.3, 0.4) is 0 Å². The van der Waals surface area contributed by atoms with Gasteiger partial charge in [-0.15, -0.1) is 0 Å². The van der Waals surface area contributed by atoms with E-state index in [0.29, 0.717) is 38.9 Å². The van der Waals surface area contributed by atoms with E-state index in [4.69, 9.17) is 10.00 Å². The van der Waals surface area contributed by atoms with E-state index in [1.807, 2.05) is 6.92 Å². The van der Waals surface area contributed by atoms with E-state index < -0.39 is 11.9 Å². The zero-order chi connectivity index (χ0) is 19.6. The first kappa shape index (κ1) is 18.7. The molecule has 27 heavy (non-hydrogen) atoms. The van der Waals surface area contributed by atoms with Crippen LogP contribution in [-0.4, -0.2) is 28.8 Å². The number of anilines is 1. The molecule has 8 heteroatoms. The number of nitrogens with zero attached hydrogens (tertiary/aromatic N) is 2. The lowest BCUT2D eigenvalue weighted by atomic mass is 9.82. The Morgan fingerprint density at radius 3 is 2.67 bits per heavy atom. The van der Waals surface area contributed by atoms with Gasteiger partial charge in [-0.25, -0.2) is 9.78 Å². The summed E-state index contributed by atoms with van der Waals surface area (Å²) in [5, 5.41) is 12.6. The van der Waals surface area contributed by atoms with Gasteiger partial charge in [0.2, 0.25) is 0 Å². The van der Waals surface area contributed by atoms with Crippen molar-refractivity contribution in [2.24, 2.45) is 0 Å². The second kappa shape index (κ2) is 7.68. The van der Waals surface area contributed by atoms with Gasteiger partial charge in [0.05, 0.1) is 35.8 Å². The first-order valence-electron chi connectivity index (χ1n) is 8.33. The van der Waals surface area contributed by atoms with Crippen molar-refractivity contribution in [3.8, 4) is 6.07 Å². The predicted octanol–water partition coefficient (Wildman–Crippen LogP) is 2.76. The lowest BCUT2D eigenvalue weighted by Crippen LogP contribution is -2.31. The second-order valence-electron chi connectivity index (χ2n) is 5.89. The second-order valence-corrected chi connectivity index (χ2v) is 7.14. The molecule has 2 aromatic rings. The maximum Gasteiger partial charge on any atom is 0.336 e. The molecule has 0 amide bonds. The Bertz CT molecular complexity index is 1020. The van der Waals surface area contributed by atoms with Crippen LogP contribution < -0.4 is 10.9 Å². The third kappa shape index (κ3) is 3.46. The number of aromatic nitrogens is 2. The van der Waals surface area contributed by atoms with Gasteiger partial charge in [-0.3, -0.25) is 4.79 Å². The standard InChI is InChI=1S/C19H18N4O3S/c1-4-27-19-22-16-15(17(24)23-19)14(12-7-5-11(9-20)6-8-12)13(10(2)21-16)18(25)26-3/h5-8,14H,4H2,1-3H3,(H2,21,22,23,24). The van der Waals surface area contributed by atoms with Gasteiger partial charge >= 0.3 is 5.97 Å². The van der Waals surface area contributed by atoms with Crippen LogP contribution in [0.2, 0.25) is 0 Å². The number of carbonyl (C=O) groups excluding carboxylic acids is 1. The first-order chi connectivity index (χ1) is 13.0. The molecule has 0 saturated carbocycles. The molecule has 2 heterocycles. The van der Waals surface area contributed by atoms with Crippen molar-refractivity contribution in [3.63, 3.8) is 0 Å². The first-order valence-corrected chi connectivity index (χ1v) is 9.31. The molecule has 1 aromatic heterocycles. The molecule has 1 aromatic carbocycles. The number of fused-ring (bicyclic) bond motifs is 1. The quantitative estimate of drug-likeness (QED) is 0.475. The van der Waals surface area contributed by atoms with Crippen molar-refractivity contribution in [2.45, 2.75) is 24.9 Å². The third-order valence-electron chi connectivity index (χ3n) is 4.28. The number of benzene rings is 1. The maximum atomic E-state index is 12.9. The maximum absolute atomic E-state index is 12.9. The van der Waals surface area contributed by atoms with Gasteiger partial charge in [0, 0.05) is 5.70 Å². The van der Waals surface area contributed by atoms with Gasteiger partial charge in [-0.1, -0.05) is 30.8 Å². The number of rotatable bonds is 4. The lowest BCUT2D eigenvalue weighted by molar-refractivity contribution is -0.136. The van der Waals surface area contributed by atoms with Gasteiger partial charge in [-0.05, 0) is 30.4 Å². The molecule has 0 fully saturated rings. The number of allylic oxidation sites excluding steroid dienone is 1. The van der Waals surface area contributed by atoms with E-state index in [2.05, 4.69) is 21.4 Å². The van der Waals surface area contributed by atoms with E-state index in [1.54, 1.807) is 31.2 Å². The fraction of sp³-hybridized carbons (Fsp3) is 0.263. The van der Waals surface area contributed by atoms with Crippen molar-refractivity contribution in [2.75, 3.05) is 18.2 Å². The van der Waals surface area contributed by atoms with Crippen LogP contribution in [0.1, 0.15) is 36.5 Å². The van der Waals surface area contributed by atoms with Gasteiger partial charge in [0.15, 0.2) is 5.16 Å². The van der Waals surface area contributed by atoms with Crippen molar-refractivity contribution in [3.05, 3.63) is 62.6 Å². The monoisotopic (exact) mass is 382 g/mol. The molecule has 1 unspecified atom stereocenters. The highest BCUT2D eigenvalue weighted by Crippen LogP contribution is 2.40. The zero-order valence-electron chi connectivity index (χ0n) is 15.1. The van der Waals surface area contributed by atoms with Gasteiger partial charge < -0.3 is 15.0 Å². The minimum absolute atomic E-state index is 0.313. The van der Waals surface area contributed by atoms with E-state index in [1.165, 1.54) is 18.9 Å². The van der Waals surface area contributed by atoms with Gasteiger partial charge in [-0.2, -0.15) is 5.26 Å². The Kier molecular flexibility index (Phi) is 5.33. The van der Waals surface area contributed by atoms with Crippen molar-refractivity contribution < 1.29 is 9.53 Å². The number of aromatic amines is 1. The van der Waals surface area contributed by atoms with E-state index in [0.717, 1.165) is 5.75 Å². The largest absolute Gasteiger partial charge is 0.466 e. The van der Waals surface area contributed by atoms with Gasteiger partial charge in [0.25, 0.3) is 5.56 Å². The molecule has 0 saturated heterocycles. The highest BCUT2D eigenvalue weighted by Gasteiger charge is 2.36. The highest BCUT2D eigenvalue weighted by molar-refractivity contribution is 7.99. The summed E-state index contributed by atoms with van der Waals surface area (Å²) in [7, 11) is 1.30. The summed E-state index contributed by atoms with van der Waals surface area (Å²) < 4.78 is 4.95. The smallest absolute Gasteiger partial charge is 0.336 e. The molecule has 3 rings (SSSR count). The number of nitrogens with one attached hydrogen (secondary N) is 2. The number of hydrogen-bond donors (Lipinski definition) is 2. The number of methoxy groups -OCH3 is 1. The Morgan fingerprint density at radius 2 is 2.07 bits per heavy atom. The molecule has 0 radical (unpaired) electrons. The molecule has 7 nitrogen and oxygen atoms in total. The SMILES string of the molecule is CCSc1nc2c(c(=O)[nH]1)C(c1ccc(C#N)cc1)C(C(=O)OC)=C(C)N2. The summed E-state index contributed by atoms with van der Waals surface area (Å²) >= 11 is 1.43. The lowest BCUT2D eigenvalue weighted by Gasteiger charge is -2.28. The van der Waals surface area contributed by atoms with Crippen LogP contribution >= 0.6 is 11.8 Å². The number of ether oxygens (including phenoxy) is 1. The number of carbonyl (C=O) groups is 1. The fourth-order valence-electron chi connectivity index (χ4n) is 3.10. The number of nitriles is 1. The normalized spacial score (nSPS) is 15.6. The number of thioether (sulfide) groups is 1. The van der Waals surface area contributed by atoms with Crippen LogP contribution in [0, 0.1) is 11.3 Å². The van der Waals surface area contributed by atoms with Crippen LogP contribution in [0.25, 0.3) is 0 Å². The molecule has 1 atom stereocenters. The summed E-state index contributed by atoms with van der Waals surface area (Å²) in [6.07, 6.45) is 0. The number of H-pyrrole nitrogens is 1. The van der Waals surface area contributed by atoms with Crippen LogP contribution in [0.5, 0.6) is 0 Å². The van der Waals surface area contributed by atoms with E-state index >= 15 is 0 Å². The zero-order valence-corrected chi connectivity index (χ0v) is 15.9. The predicted molar refractivity (Wildman–Crippen MR) is 103 cm³/mol. The minimum atomic E-state index is -0.640. The van der Waals surface area contributed by atoms with Gasteiger partial charge in [0.1, 0.15) is 5.82 Å². The number of hydrogen-bond acceptors (Lipinski definition) is 7. The Balaban J connectivity index is 2.24. The molecule has 138 valence electrons. The van der Waals surface area contributed by atoms with Crippen molar-refractivity contribution >= 4 is 23.5 Å². The summed E-state index contributed by atoms with van der Waals surface area (Å²) in [5.41, 5.74) is 2.17. The summed E-state index contributed by atoms with van der Waals surface area (Å²) in [6.45, 7) is 3.72. The minimum Gasteiger partial charge on any atom is -0.466 e. The highest BCUT2D eigenvalue weighted by atomic mass is 32.2. The average Bonchev–Trinajstić information content (AvgIpc) is 2.66. The van der Waals surface area contributed by atoms with E-state index in [-0.39, 0.29) is 5.56 Å². The van der Waals surface area contributed by atoms with E-state index in [9.17, 15) is 9.59 Å². The molecule has 0 aliphatic carbocycles. The summed E-state index contributed by atoms with van der Waals surface area (Å²) in [4.78, 5) is 32.6. The number of esters is 1.